The topological polar surface area (TPSA) is 54.0 Å². The number of halogens is 2. The summed E-state index contributed by atoms with van der Waals surface area (Å²) in [6, 6.07) is 5.09. The first kappa shape index (κ1) is 14.0. The molecule has 0 spiro atoms. The first-order chi connectivity index (χ1) is 9.63. The molecule has 0 saturated carbocycles. The van der Waals surface area contributed by atoms with Crippen LogP contribution < -0.4 is 10.6 Å². The van der Waals surface area contributed by atoms with E-state index in [1.807, 2.05) is 0 Å². The Labute approximate surface area is 133 Å². The Bertz CT molecular complexity index is 650. The largest absolute Gasteiger partial charge is 0.311 e. The van der Waals surface area contributed by atoms with Gasteiger partial charge in [0, 0.05) is 33.9 Å². The molecule has 20 heavy (non-hydrogen) atoms. The van der Waals surface area contributed by atoms with Gasteiger partial charge in [-0.2, -0.15) is 0 Å². The van der Waals surface area contributed by atoms with E-state index in [4.69, 9.17) is 11.6 Å². The molecule has 4 nitrogen and oxygen atoms in total. The Morgan fingerprint density at radius 2 is 2.35 bits per heavy atom. The smallest absolute Gasteiger partial charge is 0.258 e. The van der Waals surface area contributed by atoms with Crippen LogP contribution in [0.2, 0.25) is 5.02 Å². The molecule has 0 unspecified atom stereocenters. The van der Waals surface area contributed by atoms with Crippen LogP contribution >= 0.6 is 38.9 Å². The summed E-state index contributed by atoms with van der Waals surface area (Å²) in [6.45, 7) is 1.76. The summed E-state index contributed by atoms with van der Waals surface area (Å²) in [5.74, 6) is -0.187. The summed E-state index contributed by atoms with van der Waals surface area (Å²) < 4.78 is 0.672. The molecule has 1 aliphatic rings. The Kier molecular flexibility index (Phi) is 4.07. The highest BCUT2D eigenvalue weighted by Crippen LogP contribution is 2.27. The molecular formula is C13H11BrClN3OS. The zero-order valence-electron chi connectivity index (χ0n) is 10.4. The van der Waals surface area contributed by atoms with Gasteiger partial charge >= 0.3 is 0 Å². The fourth-order valence-electron chi connectivity index (χ4n) is 2.02. The normalized spacial score (nSPS) is 13.9. The van der Waals surface area contributed by atoms with Crippen molar-refractivity contribution < 1.29 is 4.79 Å². The second kappa shape index (κ2) is 5.81. The number of nitrogens with one attached hydrogen (secondary N) is 2. The van der Waals surface area contributed by atoms with Crippen LogP contribution in [0.4, 0.5) is 5.13 Å². The molecule has 1 aliphatic heterocycles. The van der Waals surface area contributed by atoms with Crippen LogP contribution in [0.25, 0.3) is 0 Å². The highest BCUT2D eigenvalue weighted by molar-refractivity contribution is 9.10. The minimum Gasteiger partial charge on any atom is -0.311 e. The maximum atomic E-state index is 12.2. The number of fused-ring (bicyclic) bond motifs is 1. The molecule has 7 heteroatoms. The summed E-state index contributed by atoms with van der Waals surface area (Å²) in [5, 5.41) is 7.36. The lowest BCUT2D eigenvalue weighted by atomic mass is 10.2. The third-order valence-corrected chi connectivity index (χ3v) is 4.90. The van der Waals surface area contributed by atoms with Crippen molar-refractivity contribution in [2.24, 2.45) is 0 Å². The standard InChI is InChI=1S/C13H11BrClN3OS/c14-9-5-7(15)1-2-8(9)12(19)18-13-17-10-3-4-16-6-11(10)20-13/h1-2,5,16H,3-4,6H2,(H,17,18,19). The Hall–Kier alpha value is -0.950. The highest BCUT2D eigenvalue weighted by atomic mass is 79.9. The fourth-order valence-corrected chi connectivity index (χ4v) is 3.85. The number of anilines is 1. The molecule has 0 atom stereocenters. The average molecular weight is 373 g/mol. The average Bonchev–Trinajstić information content (AvgIpc) is 2.80. The van der Waals surface area contributed by atoms with Crippen LogP contribution in [-0.4, -0.2) is 17.4 Å². The van der Waals surface area contributed by atoms with Gasteiger partial charge in [-0.3, -0.25) is 10.1 Å². The zero-order valence-corrected chi connectivity index (χ0v) is 13.5. The number of hydrogen-bond donors (Lipinski definition) is 2. The van der Waals surface area contributed by atoms with Gasteiger partial charge in [-0.1, -0.05) is 11.6 Å². The molecule has 0 saturated heterocycles. The van der Waals surface area contributed by atoms with Crippen molar-refractivity contribution in [3.8, 4) is 0 Å². The number of carbonyl (C=O) groups is 1. The summed E-state index contributed by atoms with van der Waals surface area (Å²) in [5.41, 5.74) is 1.62. The van der Waals surface area contributed by atoms with Crippen LogP contribution in [0.1, 0.15) is 20.9 Å². The summed E-state index contributed by atoms with van der Waals surface area (Å²) in [7, 11) is 0. The van der Waals surface area contributed by atoms with Crippen molar-refractivity contribution in [1.82, 2.24) is 10.3 Å². The van der Waals surface area contributed by atoms with Crippen LogP contribution in [-0.2, 0) is 13.0 Å². The summed E-state index contributed by atoms with van der Waals surface area (Å²) >= 11 is 10.7. The minimum atomic E-state index is -0.187. The lowest BCUT2D eigenvalue weighted by Gasteiger charge is -2.09. The van der Waals surface area contributed by atoms with E-state index in [2.05, 4.69) is 31.5 Å². The van der Waals surface area contributed by atoms with Crippen LogP contribution in [0.15, 0.2) is 22.7 Å². The predicted octanol–water partition coefficient (Wildman–Crippen LogP) is 3.46. The quantitative estimate of drug-likeness (QED) is 0.849. The lowest BCUT2D eigenvalue weighted by molar-refractivity contribution is 0.102. The third-order valence-electron chi connectivity index (χ3n) is 3.00. The molecule has 2 N–H and O–H groups in total. The Morgan fingerprint density at radius 1 is 1.50 bits per heavy atom. The van der Waals surface area contributed by atoms with E-state index in [-0.39, 0.29) is 5.91 Å². The minimum absolute atomic E-state index is 0.187. The van der Waals surface area contributed by atoms with E-state index in [0.717, 1.165) is 25.2 Å². The lowest BCUT2D eigenvalue weighted by Crippen LogP contribution is -2.22. The van der Waals surface area contributed by atoms with Crippen LogP contribution in [0.3, 0.4) is 0 Å². The van der Waals surface area contributed by atoms with Gasteiger partial charge in [0.05, 0.1) is 11.3 Å². The number of carbonyl (C=O) groups excluding carboxylic acids is 1. The predicted molar refractivity (Wildman–Crippen MR) is 84.6 cm³/mol. The van der Waals surface area contributed by atoms with Gasteiger partial charge in [-0.25, -0.2) is 4.98 Å². The van der Waals surface area contributed by atoms with Gasteiger partial charge in [0.1, 0.15) is 0 Å². The molecule has 0 bridgehead atoms. The SMILES string of the molecule is O=C(Nc1nc2c(s1)CNCC2)c1ccc(Cl)cc1Br. The van der Waals surface area contributed by atoms with Crippen molar-refractivity contribution in [1.29, 1.82) is 0 Å². The molecular weight excluding hydrogens is 362 g/mol. The van der Waals surface area contributed by atoms with Gasteiger partial charge in [0.2, 0.25) is 0 Å². The van der Waals surface area contributed by atoms with Crippen molar-refractivity contribution in [2.75, 3.05) is 11.9 Å². The maximum Gasteiger partial charge on any atom is 0.258 e. The second-order valence-corrected chi connectivity index (χ2v) is 6.77. The maximum absolute atomic E-state index is 12.2. The second-order valence-electron chi connectivity index (χ2n) is 4.39. The van der Waals surface area contributed by atoms with E-state index < -0.39 is 0 Å². The molecule has 104 valence electrons. The Balaban J connectivity index is 1.80. The van der Waals surface area contributed by atoms with E-state index >= 15 is 0 Å². The molecule has 1 aromatic heterocycles. The first-order valence-corrected chi connectivity index (χ1v) is 8.08. The molecule has 0 radical (unpaired) electrons. The number of benzene rings is 1. The molecule has 3 rings (SSSR count). The monoisotopic (exact) mass is 371 g/mol. The fraction of sp³-hybridized carbons (Fsp3) is 0.231. The van der Waals surface area contributed by atoms with E-state index in [1.165, 1.54) is 16.2 Å². The number of hydrogen-bond acceptors (Lipinski definition) is 4. The van der Waals surface area contributed by atoms with Gasteiger partial charge in [0.25, 0.3) is 5.91 Å². The number of thiazole rings is 1. The van der Waals surface area contributed by atoms with Crippen LogP contribution in [0, 0.1) is 0 Å². The van der Waals surface area contributed by atoms with E-state index in [0.29, 0.717) is 20.2 Å². The van der Waals surface area contributed by atoms with Crippen LogP contribution in [0.5, 0.6) is 0 Å². The molecule has 0 fully saturated rings. The molecule has 0 aliphatic carbocycles. The molecule has 2 aromatic rings. The van der Waals surface area contributed by atoms with Gasteiger partial charge < -0.3 is 5.32 Å². The number of amides is 1. The number of aromatic nitrogens is 1. The molecule has 1 aromatic carbocycles. The van der Waals surface area contributed by atoms with Gasteiger partial charge in [-0.15, -0.1) is 11.3 Å². The summed E-state index contributed by atoms with van der Waals surface area (Å²) in [4.78, 5) is 17.9. The highest BCUT2D eigenvalue weighted by Gasteiger charge is 2.17. The van der Waals surface area contributed by atoms with Gasteiger partial charge in [-0.05, 0) is 34.1 Å². The third kappa shape index (κ3) is 2.88. The van der Waals surface area contributed by atoms with Crippen molar-refractivity contribution in [3.05, 3.63) is 43.8 Å². The van der Waals surface area contributed by atoms with E-state index in [1.54, 1.807) is 18.2 Å². The first-order valence-electron chi connectivity index (χ1n) is 6.09. The Morgan fingerprint density at radius 3 is 3.10 bits per heavy atom. The van der Waals surface area contributed by atoms with Gasteiger partial charge in [0.15, 0.2) is 5.13 Å². The number of rotatable bonds is 2. The zero-order chi connectivity index (χ0) is 14.1. The molecule has 1 amide bonds. The van der Waals surface area contributed by atoms with Crippen molar-refractivity contribution in [3.63, 3.8) is 0 Å². The van der Waals surface area contributed by atoms with E-state index in [9.17, 15) is 4.79 Å². The number of nitrogens with zero attached hydrogens (tertiary/aromatic N) is 1. The van der Waals surface area contributed by atoms with Crippen molar-refractivity contribution >= 4 is 49.9 Å². The summed E-state index contributed by atoms with van der Waals surface area (Å²) in [6.07, 6.45) is 0.909. The molecule has 2 heterocycles. The van der Waals surface area contributed by atoms with Crippen molar-refractivity contribution in [2.45, 2.75) is 13.0 Å².